The molecule has 0 aromatic carbocycles. The van der Waals surface area contributed by atoms with Gasteiger partial charge in [0.15, 0.2) is 0 Å². The van der Waals surface area contributed by atoms with E-state index in [1.165, 1.54) is 18.4 Å². The highest BCUT2D eigenvalue weighted by atomic mass is 32.1. The minimum atomic E-state index is -0.341. The topological polar surface area (TPSA) is 70.1 Å². The molecule has 0 aliphatic carbocycles. The van der Waals surface area contributed by atoms with Crippen LogP contribution in [-0.2, 0) is 11.8 Å². The van der Waals surface area contributed by atoms with E-state index >= 15 is 0 Å². The number of methoxy groups -OCH3 is 1. The Morgan fingerprint density at radius 3 is 2.88 bits per heavy atom. The Morgan fingerprint density at radius 2 is 2.31 bits per heavy atom. The molecule has 0 atom stereocenters. The molecule has 0 aliphatic heterocycles. The third-order valence-corrected chi connectivity index (χ3v) is 3.14. The molecule has 2 heterocycles. The number of aryl methyl sites for hydroxylation is 1. The first-order valence-corrected chi connectivity index (χ1v) is 5.46. The number of anilines is 1. The quantitative estimate of drug-likeness (QED) is 0.804. The second-order valence-electron chi connectivity index (χ2n) is 3.27. The van der Waals surface area contributed by atoms with Crippen molar-refractivity contribution in [1.82, 2.24) is 9.78 Å². The molecule has 2 N–H and O–H groups in total. The van der Waals surface area contributed by atoms with E-state index in [0.29, 0.717) is 11.4 Å². The summed E-state index contributed by atoms with van der Waals surface area (Å²) >= 11 is 1.44. The largest absolute Gasteiger partial charge is 0.465 e. The van der Waals surface area contributed by atoms with Crippen LogP contribution in [-0.4, -0.2) is 22.9 Å². The first-order chi connectivity index (χ1) is 7.61. The molecule has 2 aromatic rings. The van der Waals surface area contributed by atoms with Crippen LogP contribution < -0.4 is 5.73 Å². The van der Waals surface area contributed by atoms with Gasteiger partial charge in [-0.15, -0.1) is 11.3 Å². The molecule has 0 aliphatic rings. The maximum atomic E-state index is 11.3. The number of esters is 1. The predicted molar refractivity (Wildman–Crippen MR) is 62.3 cm³/mol. The van der Waals surface area contributed by atoms with Crippen molar-refractivity contribution in [3.05, 3.63) is 23.1 Å². The molecule has 0 spiro atoms. The molecule has 0 unspecified atom stereocenters. The molecule has 0 fully saturated rings. The first-order valence-electron chi connectivity index (χ1n) is 4.58. The molecule has 84 valence electrons. The molecule has 2 rings (SSSR count). The van der Waals surface area contributed by atoms with Gasteiger partial charge in [0.1, 0.15) is 11.5 Å². The Morgan fingerprint density at radius 1 is 1.56 bits per heavy atom. The second kappa shape index (κ2) is 3.97. The van der Waals surface area contributed by atoms with Gasteiger partial charge in [-0.3, -0.25) is 4.68 Å². The van der Waals surface area contributed by atoms with Gasteiger partial charge < -0.3 is 10.5 Å². The number of nitrogens with two attached hydrogens (primary N) is 1. The van der Waals surface area contributed by atoms with Crippen LogP contribution in [0.1, 0.15) is 10.4 Å². The van der Waals surface area contributed by atoms with Crippen molar-refractivity contribution in [1.29, 1.82) is 0 Å². The van der Waals surface area contributed by atoms with Crippen LogP contribution >= 0.6 is 11.3 Å². The summed E-state index contributed by atoms with van der Waals surface area (Å²) < 4.78 is 6.22. The molecule has 0 radical (unpaired) electrons. The first kappa shape index (κ1) is 10.7. The number of rotatable bonds is 2. The molecule has 16 heavy (non-hydrogen) atoms. The van der Waals surface area contributed by atoms with E-state index in [9.17, 15) is 4.79 Å². The predicted octanol–water partition coefficient (Wildman–Crippen LogP) is 1.52. The lowest BCUT2D eigenvalue weighted by Crippen LogP contribution is -1.98. The molecule has 2 aromatic heterocycles. The van der Waals surface area contributed by atoms with Crippen LogP contribution in [0.15, 0.2) is 17.5 Å². The summed E-state index contributed by atoms with van der Waals surface area (Å²) in [6.07, 6.45) is 0. The van der Waals surface area contributed by atoms with Crippen molar-refractivity contribution in [3.63, 3.8) is 0 Å². The van der Waals surface area contributed by atoms with Crippen molar-refractivity contribution in [2.45, 2.75) is 0 Å². The molecule has 0 amide bonds. The van der Waals surface area contributed by atoms with E-state index in [-0.39, 0.29) is 5.97 Å². The van der Waals surface area contributed by atoms with Crippen LogP contribution in [0.3, 0.4) is 0 Å². The summed E-state index contributed by atoms with van der Waals surface area (Å²) in [4.78, 5) is 12.2. The number of nitrogens with zero attached hydrogens (tertiary/aromatic N) is 2. The van der Waals surface area contributed by atoms with Crippen LogP contribution in [0, 0.1) is 0 Å². The van der Waals surface area contributed by atoms with Gasteiger partial charge in [0.05, 0.1) is 17.6 Å². The maximum Gasteiger partial charge on any atom is 0.338 e. The zero-order chi connectivity index (χ0) is 11.7. The Labute approximate surface area is 96.4 Å². The number of carbonyl (C=O) groups is 1. The fourth-order valence-corrected chi connectivity index (χ4v) is 2.13. The third-order valence-electron chi connectivity index (χ3n) is 2.19. The number of aromatic nitrogens is 2. The van der Waals surface area contributed by atoms with Gasteiger partial charge in [-0.2, -0.15) is 5.10 Å². The summed E-state index contributed by atoms with van der Waals surface area (Å²) in [6, 6.07) is 3.52. The van der Waals surface area contributed by atoms with E-state index in [2.05, 4.69) is 9.84 Å². The van der Waals surface area contributed by atoms with E-state index in [4.69, 9.17) is 5.73 Å². The molecule has 6 heteroatoms. The van der Waals surface area contributed by atoms with Gasteiger partial charge >= 0.3 is 5.97 Å². The Hall–Kier alpha value is -1.82. The number of thiophene rings is 1. The zero-order valence-corrected chi connectivity index (χ0v) is 9.75. The Bertz CT molecular complexity index is 510. The summed E-state index contributed by atoms with van der Waals surface area (Å²) in [5, 5.41) is 5.97. The van der Waals surface area contributed by atoms with Crippen molar-refractivity contribution in [2.24, 2.45) is 7.05 Å². The summed E-state index contributed by atoms with van der Waals surface area (Å²) in [5.74, 6) is 0.245. The average molecular weight is 237 g/mol. The number of hydrogen-bond donors (Lipinski definition) is 1. The molecular weight excluding hydrogens is 226 g/mol. The SMILES string of the molecule is COC(=O)c1csc(-c2cc(N)n(C)n2)c1. The van der Waals surface area contributed by atoms with E-state index in [0.717, 1.165) is 10.6 Å². The van der Waals surface area contributed by atoms with Crippen molar-refractivity contribution >= 4 is 23.1 Å². The fourth-order valence-electron chi connectivity index (χ4n) is 1.30. The van der Waals surface area contributed by atoms with E-state index in [1.54, 1.807) is 29.2 Å². The molecule has 0 bridgehead atoms. The third kappa shape index (κ3) is 1.79. The number of carbonyl (C=O) groups excluding carboxylic acids is 1. The van der Waals surface area contributed by atoms with Gasteiger partial charge in [-0.05, 0) is 6.07 Å². The highest BCUT2D eigenvalue weighted by Gasteiger charge is 2.12. The van der Waals surface area contributed by atoms with E-state index < -0.39 is 0 Å². The Balaban J connectivity index is 2.35. The van der Waals surface area contributed by atoms with Gasteiger partial charge in [0.25, 0.3) is 0 Å². The van der Waals surface area contributed by atoms with Crippen molar-refractivity contribution in [3.8, 4) is 10.6 Å². The summed E-state index contributed by atoms with van der Waals surface area (Å²) in [6.45, 7) is 0. The number of ether oxygens (including phenoxy) is 1. The van der Waals surface area contributed by atoms with Crippen molar-refractivity contribution < 1.29 is 9.53 Å². The smallest absolute Gasteiger partial charge is 0.338 e. The lowest BCUT2D eigenvalue weighted by Gasteiger charge is -1.92. The van der Waals surface area contributed by atoms with Crippen molar-refractivity contribution in [2.75, 3.05) is 12.8 Å². The monoisotopic (exact) mass is 237 g/mol. The number of hydrogen-bond acceptors (Lipinski definition) is 5. The molecular formula is C10H11N3O2S. The van der Waals surface area contributed by atoms with Crippen LogP contribution in [0.4, 0.5) is 5.82 Å². The van der Waals surface area contributed by atoms with Gasteiger partial charge in [-0.1, -0.05) is 0 Å². The molecule has 5 nitrogen and oxygen atoms in total. The van der Waals surface area contributed by atoms with Gasteiger partial charge in [0.2, 0.25) is 0 Å². The highest BCUT2D eigenvalue weighted by Crippen LogP contribution is 2.27. The van der Waals surface area contributed by atoms with Crippen LogP contribution in [0.5, 0.6) is 0 Å². The van der Waals surface area contributed by atoms with Gasteiger partial charge in [0, 0.05) is 18.5 Å². The zero-order valence-electron chi connectivity index (χ0n) is 8.93. The fraction of sp³-hybridized carbons (Fsp3) is 0.200. The molecule has 0 saturated carbocycles. The van der Waals surface area contributed by atoms with Crippen LogP contribution in [0.2, 0.25) is 0 Å². The average Bonchev–Trinajstić information content (AvgIpc) is 2.86. The minimum Gasteiger partial charge on any atom is -0.465 e. The Kier molecular flexibility index (Phi) is 2.66. The minimum absolute atomic E-state index is 0.341. The lowest BCUT2D eigenvalue weighted by atomic mass is 10.3. The second-order valence-corrected chi connectivity index (χ2v) is 4.18. The summed E-state index contributed by atoms with van der Waals surface area (Å²) in [5.41, 5.74) is 6.98. The standard InChI is InChI=1S/C10H11N3O2S/c1-13-9(11)4-7(12-13)8-3-6(5-16-8)10(14)15-2/h3-5H,11H2,1-2H3. The van der Waals surface area contributed by atoms with Gasteiger partial charge in [-0.25, -0.2) is 4.79 Å². The maximum absolute atomic E-state index is 11.3. The van der Waals surface area contributed by atoms with E-state index in [1.807, 2.05) is 0 Å². The lowest BCUT2D eigenvalue weighted by molar-refractivity contribution is 0.0601. The normalized spacial score (nSPS) is 10.4. The van der Waals surface area contributed by atoms with Crippen LogP contribution in [0.25, 0.3) is 10.6 Å². The summed E-state index contributed by atoms with van der Waals surface area (Å²) in [7, 11) is 3.13. The number of nitrogen functional groups attached to an aromatic ring is 1. The molecule has 0 saturated heterocycles. The highest BCUT2D eigenvalue weighted by molar-refractivity contribution is 7.13.